The normalized spacial score (nSPS) is 10.3. The SMILES string of the molecule is CN(C)NO[N-]N. The summed E-state index contributed by atoms with van der Waals surface area (Å²) in [6, 6.07) is 0. The van der Waals surface area contributed by atoms with Gasteiger partial charge in [0.2, 0.25) is 0 Å². The van der Waals surface area contributed by atoms with E-state index >= 15 is 0 Å². The van der Waals surface area contributed by atoms with Crippen molar-refractivity contribution in [3.05, 3.63) is 5.59 Å². The lowest BCUT2D eigenvalue weighted by Crippen LogP contribution is -2.29. The van der Waals surface area contributed by atoms with E-state index in [1.807, 2.05) is 0 Å². The zero-order valence-electron chi connectivity index (χ0n) is 4.38. The molecule has 0 aliphatic heterocycles. The highest BCUT2D eigenvalue weighted by atomic mass is 16.8. The van der Waals surface area contributed by atoms with Crippen LogP contribution in [0.5, 0.6) is 0 Å². The Bertz CT molecular complexity index is 38.7. The van der Waals surface area contributed by atoms with Crippen molar-refractivity contribution in [1.82, 2.24) is 10.6 Å². The molecular weight excluding hydrogens is 96.0 g/mol. The number of rotatable bonds is 3. The van der Waals surface area contributed by atoms with Gasteiger partial charge in [0.05, 0.1) is 0 Å². The highest BCUT2D eigenvalue weighted by molar-refractivity contribution is 4.28. The van der Waals surface area contributed by atoms with Gasteiger partial charge in [-0.15, -0.1) is 0 Å². The third-order valence-electron chi connectivity index (χ3n) is 0.276. The second-order valence-electron chi connectivity index (χ2n) is 1.18. The van der Waals surface area contributed by atoms with E-state index in [2.05, 4.69) is 22.0 Å². The largest absolute Gasteiger partial charge is 0.450 e. The fraction of sp³-hybridized carbons (Fsp3) is 1.00. The average Bonchev–Trinajstić information content (AvgIpc) is 1.61. The van der Waals surface area contributed by atoms with Gasteiger partial charge in [0.15, 0.2) is 0 Å². The smallest absolute Gasteiger partial charge is 0.00344 e. The molecule has 0 spiro atoms. The summed E-state index contributed by atoms with van der Waals surface area (Å²) in [4.78, 5) is 4.17. The Hall–Kier alpha value is -0.200. The van der Waals surface area contributed by atoms with Gasteiger partial charge in [-0.25, -0.2) is 5.01 Å². The third-order valence-corrected chi connectivity index (χ3v) is 0.276. The van der Waals surface area contributed by atoms with Gasteiger partial charge in [0.1, 0.15) is 0 Å². The molecule has 3 N–H and O–H groups in total. The van der Waals surface area contributed by atoms with E-state index in [1.54, 1.807) is 19.1 Å². The van der Waals surface area contributed by atoms with Gasteiger partial charge in [-0.3, -0.25) is 0 Å². The van der Waals surface area contributed by atoms with Crippen molar-refractivity contribution < 1.29 is 4.94 Å². The van der Waals surface area contributed by atoms with Gasteiger partial charge in [-0.1, -0.05) is 0 Å². The van der Waals surface area contributed by atoms with Gasteiger partial charge >= 0.3 is 0 Å². The molecule has 0 aliphatic rings. The van der Waals surface area contributed by atoms with Crippen molar-refractivity contribution in [1.29, 1.82) is 0 Å². The average molecular weight is 105 g/mol. The lowest BCUT2D eigenvalue weighted by molar-refractivity contribution is -0.0175. The van der Waals surface area contributed by atoms with Crippen molar-refractivity contribution in [2.45, 2.75) is 0 Å². The first-order chi connectivity index (χ1) is 3.27. The molecule has 0 aliphatic carbocycles. The van der Waals surface area contributed by atoms with E-state index in [0.29, 0.717) is 0 Å². The highest BCUT2D eigenvalue weighted by Crippen LogP contribution is 1.68. The van der Waals surface area contributed by atoms with Crippen LogP contribution in [0.3, 0.4) is 0 Å². The second-order valence-corrected chi connectivity index (χ2v) is 1.18. The van der Waals surface area contributed by atoms with E-state index in [-0.39, 0.29) is 0 Å². The second kappa shape index (κ2) is 3.97. The molecule has 7 heavy (non-hydrogen) atoms. The quantitative estimate of drug-likeness (QED) is 0.362. The molecule has 0 unspecified atom stereocenters. The number of nitrogens with two attached hydrogens (primary N) is 1. The summed E-state index contributed by atoms with van der Waals surface area (Å²) in [5.41, 5.74) is 5.16. The van der Waals surface area contributed by atoms with Crippen LogP contribution in [-0.2, 0) is 4.94 Å². The van der Waals surface area contributed by atoms with Crippen molar-refractivity contribution in [2.24, 2.45) is 5.84 Å². The summed E-state index contributed by atoms with van der Waals surface area (Å²) in [5, 5.41) is 1.57. The monoisotopic (exact) mass is 105 g/mol. The van der Waals surface area contributed by atoms with Crippen molar-refractivity contribution in [3.63, 3.8) is 0 Å². The van der Waals surface area contributed by atoms with Gasteiger partial charge in [-0.05, 0) is 0 Å². The lowest BCUT2D eigenvalue weighted by Gasteiger charge is -2.18. The van der Waals surface area contributed by atoms with Crippen LogP contribution >= 0.6 is 0 Å². The summed E-state index contributed by atoms with van der Waals surface area (Å²) in [6.07, 6.45) is 0. The molecule has 0 amide bonds. The van der Waals surface area contributed by atoms with Crippen LogP contribution in [-0.4, -0.2) is 19.1 Å². The molecule has 0 saturated carbocycles. The molecule has 0 aromatic carbocycles. The minimum atomic E-state index is 1.57. The number of nitrogens with one attached hydrogen (secondary N) is 1. The van der Waals surface area contributed by atoms with Crippen LogP contribution in [0.15, 0.2) is 0 Å². The Balaban J connectivity index is 2.68. The van der Waals surface area contributed by atoms with Gasteiger partial charge in [-0.2, -0.15) is 5.59 Å². The maximum Gasteiger partial charge on any atom is 0.00344 e. The molecule has 0 saturated heterocycles. The Kier molecular flexibility index (Phi) is 3.86. The van der Waals surface area contributed by atoms with E-state index in [4.69, 9.17) is 0 Å². The number of nitrogens with zero attached hydrogens (tertiary/aromatic N) is 2. The minimum absolute atomic E-state index is 1.57. The Morgan fingerprint density at radius 1 is 1.71 bits per heavy atom. The van der Waals surface area contributed by atoms with Crippen molar-refractivity contribution in [3.8, 4) is 0 Å². The summed E-state index contributed by atoms with van der Waals surface area (Å²) >= 11 is 0. The Morgan fingerprint density at radius 2 is 2.29 bits per heavy atom. The molecule has 0 heterocycles. The fourth-order valence-electron chi connectivity index (χ4n) is 0.105. The van der Waals surface area contributed by atoms with Crippen LogP contribution in [0.2, 0.25) is 0 Å². The molecule has 0 fully saturated rings. The first-order valence-electron chi connectivity index (χ1n) is 1.76. The number of hydrazine groups is 1. The summed E-state index contributed by atoms with van der Waals surface area (Å²) in [6.45, 7) is 0. The molecular formula is C2H9N4O-. The lowest BCUT2D eigenvalue weighted by atomic mass is 11.2. The molecule has 0 aromatic heterocycles. The maximum absolute atomic E-state index is 4.59. The topological polar surface area (TPSA) is 64.6 Å². The first-order valence-corrected chi connectivity index (χ1v) is 1.76. The first kappa shape index (κ1) is 6.80. The zero-order chi connectivity index (χ0) is 5.70. The van der Waals surface area contributed by atoms with E-state index < -0.39 is 0 Å². The standard InChI is InChI=1S/C2H9N4O/c1-6(2)5-7-4-3/h5H,3H2,1-2H3/q-1. The predicted molar refractivity (Wildman–Crippen MR) is 25.5 cm³/mol. The third kappa shape index (κ3) is 5.80. The van der Waals surface area contributed by atoms with Crippen LogP contribution < -0.4 is 11.4 Å². The molecule has 44 valence electrons. The maximum atomic E-state index is 4.59. The van der Waals surface area contributed by atoms with E-state index in [0.717, 1.165) is 0 Å². The minimum Gasteiger partial charge on any atom is -0.450 e. The molecule has 5 heteroatoms. The number of hydrogen-bond acceptors (Lipinski definition) is 4. The van der Waals surface area contributed by atoms with Crippen LogP contribution in [0.25, 0.3) is 5.59 Å². The fourth-order valence-corrected chi connectivity index (χ4v) is 0.105. The van der Waals surface area contributed by atoms with Gasteiger partial charge < -0.3 is 16.4 Å². The van der Waals surface area contributed by atoms with Crippen LogP contribution in [0.4, 0.5) is 0 Å². The molecule has 5 nitrogen and oxygen atoms in total. The Morgan fingerprint density at radius 3 is 2.43 bits per heavy atom. The molecule has 0 rings (SSSR count). The van der Waals surface area contributed by atoms with E-state index in [9.17, 15) is 0 Å². The number of hydrogen-bond donors (Lipinski definition) is 2. The zero-order valence-corrected chi connectivity index (χ0v) is 4.38. The van der Waals surface area contributed by atoms with E-state index in [1.165, 1.54) is 0 Å². The van der Waals surface area contributed by atoms with Crippen molar-refractivity contribution in [2.75, 3.05) is 14.1 Å². The van der Waals surface area contributed by atoms with Crippen LogP contribution in [0.1, 0.15) is 0 Å². The predicted octanol–water partition coefficient (Wildman–Crippen LogP) is -0.853. The molecule has 0 radical (unpaired) electrons. The molecule has 0 aromatic rings. The van der Waals surface area contributed by atoms with Gasteiger partial charge in [0.25, 0.3) is 0 Å². The summed E-state index contributed by atoms with van der Waals surface area (Å²) in [7, 11) is 3.51. The summed E-state index contributed by atoms with van der Waals surface area (Å²) in [5.74, 6) is 4.59. The highest BCUT2D eigenvalue weighted by Gasteiger charge is 1.74. The van der Waals surface area contributed by atoms with Gasteiger partial charge in [0, 0.05) is 14.1 Å². The molecule has 0 bridgehead atoms. The van der Waals surface area contributed by atoms with Crippen LogP contribution in [0, 0.1) is 0 Å². The Labute approximate surface area is 42.3 Å². The summed E-state index contributed by atoms with van der Waals surface area (Å²) < 4.78 is 0. The molecule has 0 atom stereocenters. The van der Waals surface area contributed by atoms with Crippen molar-refractivity contribution >= 4 is 0 Å².